The summed E-state index contributed by atoms with van der Waals surface area (Å²) in [6.45, 7) is 1.80. The number of carbonyl (C=O) groups excluding carboxylic acids is 1. The Morgan fingerprint density at radius 1 is 1.83 bits per heavy atom. The van der Waals surface area contributed by atoms with E-state index in [1.54, 1.807) is 6.20 Å². The van der Waals surface area contributed by atoms with Gasteiger partial charge < -0.3 is 10.4 Å². The van der Waals surface area contributed by atoms with E-state index in [2.05, 4.69) is 10.3 Å². The fraction of sp³-hybridized carbons (Fsp3) is 0.429. The van der Waals surface area contributed by atoms with E-state index in [-0.39, 0.29) is 12.4 Å². The second-order valence-electron chi connectivity index (χ2n) is 2.35. The topological polar surface area (TPSA) is 62.2 Å². The second kappa shape index (κ2) is 4.18. The molecule has 1 aromatic heterocycles. The summed E-state index contributed by atoms with van der Waals surface area (Å²) < 4.78 is 0. The van der Waals surface area contributed by atoms with Crippen molar-refractivity contribution in [3.05, 3.63) is 11.1 Å². The Morgan fingerprint density at radius 3 is 3.08 bits per heavy atom. The van der Waals surface area contributed by atoms with Crippen LogP contribution >= 0.6 is 11.3 Å². The SMILES string of the molecule is CC(=O)CNc1ncc(CO)s1. The zero-order valence-corrected chi connectivity index (χ0v) is 7.52. The number of nitrogens with zero attached hydrogens (tertiary/aromatic N) is 1. The summed E-state index contributed by atoms with van der Waals surface area (Å²) >= 11 is 1.35. The Bertz CT molecular complexity index is 272. The number of carbonyl (C=O) groups is 1. The lowest BCUT2D eigenvalue weighted by Gasteiger charge is -1.95. The molecule has 0 aliphatic heterocycles. The summed E-state index contributed by atoms with van der Waals surface area (Å²) in [5.74, 6) is 0.0655. The average molecular weight is 186 g/mol. The molecule has 4 nitrogen and oxygen atoms in total. The maximum absolute atomic E-state index is 10.6. The Hall–Kier alpha value is -0.940. The molecular formula is C7H10N2O2S. The van der Waals surface area contributed by atoms with Crippen molar-refractivity contribution in [3.63, 3.8) is 0 Å². The van der Waals surface area contributed by atoms with Crippen molar-refractivity contribution in [3.8, 4) is 0 Å². The van der Waals surface area contributed by atoms with Crippen LogP contribution in [0.1, 0.15) is 11.8 Å². The van der Waals surface area contributed by atoms with Crippen LogP contribution < -0.4 is 5.32 Å². The van der Waals surface area contributed by atoms with Gasteiger partial charge in [0.2, 0.25) is 0 Å². The molecule has 66 valence electrons. The van der Waals surface area contributed by atoms with Gasteiger partial charge in [0.05, 0.1) is 18.0 Å². The lowest BCUT2D eigenvalue weighted by molar-refractivity contribution is -0.115. The van der Waals surface area contributed by atoms with Crippen LogP contribution in [0.15, 0.2) is 6.20 Å². The predicted octanol–water partition coefficient (Wildman–Crippen LogP) is 0.636. The molecule has 0 bridgehead atoms. The highest BCUT2D eigenvalue weighted by molar-refractivity contribution is 7.15. The van der Waals surface area contributed by atoms with Gasteiger partial charge in [0, 0.05) is 6.20 Å². The largest absolute Gasteiger partial charge is 0.391 e. The van der Waals surface area contributed by atoms with Gasteiger partial charge in [0.1, 0.15) is 5.78 Å². The van der Waals surface area contributed by atoms with Crippen LogP contribution in [0.4, 0.5) is 5.13 Å². The lowest BCUT2D eigenvalue weighted by atomic mass is 10.5. The number of aliphatic hydroxyl groups is 1. The molecule has 0 amide bonds. The van der Waals surface area contributed by atoms with Crippen LogP contribution in [0.5, 0.6) is 0 Å². The number of hydrogen-bond donors (Lipinski definition) is 2. The molecular weight excluding hydrogens is 176 g/mol. The molecule has 0 atom stereocenters. The van der Waals surface area contributed by atoms with E-state index in [9.17, 15) is 4.79 Å². The maximum atomic E-state index is 10.6. The van der Waals surface area contributed by atoms with Gasteiger partial charge in [-0.3, -0.25) is 4.79 Å². The van der Waals surface area contributed by atoms with E-state index in [1.807, 2.05) is 0 Å². The Kier molecular flexibility index (Phi) is 3.19. The summed E-state index contributed by atoms with van der Waals surface area (Å²) in [5.41, 5.74) is 0. The number of nitrogens with one attached hydrogen (secondary N) is 1. The smallest absolute Gasteiger partial charge is 0.183 e. The average Bonchev–Trinajstić information content (AvgIpc) is 2.48. The van der Waals surface area contributed by atoms with Gasteiger partial charge in [0.15, 0.2) is 5.13 Å². The van der Waals surface area contributed by atoms with Crippen LogP contribution in [0, 0.1) is 0 Å². The normalized spacial score (nSPS) is 9.83. The van der Waals surface area contributed by atoms with Gasteiger partial charge in [-0.2, -0.15) is 0 Å². The van der Waals surface area contributed by atoms with Crippen molar-refractivity contribution in [2.24, 2.45) is 0 Å². The number of thiazole rings is 1. The number of aromatic nitrogens is 1. The van der Waals surface area contributed by atoms with Gasteiger partial charge in [-0.15, -0.1) is 0 Å². The molecule has 0 unspecified atom stereocenters. The van der Waals surface area contributed by atoms with Crippen molar-refractivity contribution in [2.45, 2.75) is 13.5 Å². The number of ketones is 1. The van der Waals surface area contributed by atoms with E-state index in [1.165, 1.54) is 18.3 Å². The molecule has 0 saturated carbocycles. The Labute approximate surface area is 74.3 Å². The summed E-state index contributed by atoms with van der Waals surface area (Å²) in [7, 11) is 0. The summed E-state index contributed by atoms with van der Waals surface area (Å²) in [5, 5.41) is 12.2. The number of Topliss-reactive ketones (excluding diaryl/α,β-unsaturated/α-hetero) is 1. The van der Waals surface area contributed by atoms with Crippen LogP contribution in [0.3, 0.4) is 0 Å². The number of hydrogen-bond acceptors (Lipinski definition) is 5. The summed E-state index contributed by atoms with van der Waals surface area (Å²) in [4.78, 5) is 15.3. The highest BCUT2D eigenvalue weighted by Crippen LogP contribution is 2.16. The minimum absolute atomic E-state index is 0.000577. The first-order chi connectivity index (χ1) is 5.72. The highest BCUT2D eigenvalue weighted by Gasteiger charge is 2.00. The molecule has 5 heteroatoms. The first kappa shape index (κ1) is 9.15. The summed E-state index contributed by atoms with van der Waals surface area (Å²) in [6.07, 6.45) is 1.59. The van der Waals surface area contributed by atoms with Gasteiger partial charge in [-0.25, -0.2) is 4.98 Å². The van der Waals surface area contributed by atoms with Crippen molar-refractivity contribution in [2.75, 3.05) is 11.9 Å². The van der Waals surface area contributed by atoms with Gasteiger partial charge in [-0.05, 0) is 6.92 Å². The van der Waals surface area contributed by atoms with E-state index < -0.39 is 0 Å². The molecule has 0 aliphatic rings. The highest BCUT2D eigenvalue weighted by atomic mass is 32.1. The minimum atomic E-state index is -0.000577. The predicted molar refractivity (Wildman–Crippen MR) is 47.2 cm³/mol. The molecule has 0 radical (unpaired) electrons. The molecule has 12 heavy (non-hydrogen) atoms. The van der Waals surface area contributed by atoms with E-state index >= 15 is 0 Å². The van der Waals surface area contributed by atoms with Crippen LogP contribution in [-0.4, -0.2) is 22.4 Å². The minimum Gasteiger partial charge on any atom is -0.391 e. The molecule has 0 saturated heterocycles. The molecule has 1 rings (SSSR count). The maximum Gasteiger partial charge on any atom is 0.183 e. The van der Waals surface area contributed by atoms with Gasteiger partial charge in [-0.1, -0.05) is 11.3 Å². The molecule has 0 spiro atoms. The summed E-state index contributed by atoms with van der Waals surface area (Å²) in [6, 6.07) is 0. The van der Waals surface area contributed by atoms with Crippen LogP contribution in [-0.2, 0) is 11.4 Å². The number of rotatable bonds is 4. The van der Waals surface area contributed by atoms with Gasteiger partial charge >= 0.3 is 0 Å². The van der Waals surface area contributed by atoms with E-state index in [0.717, 1.165) is 4.88 Å². The number of aliphatic hydroxyl groups excluding tert-OH is 1. The van der Waals surface area contributed by atoms with Crippen molar-refractivity contribution in [1.82, 2.24) is 4.98 Å². The Balaban J connectivity index is 2.47. The quantitative estimate of drug-likeness (QED) is 0.724. The van der Waals surface area contributed by atoms with E-state index in [4.69, 9.17) is 5.11 Å². The number of anilines is 1. The standard InChI is InChI=1S/C7H10N2O2S/c1-5(11)2-8-7-9-3-6(4-10)12-7/h3,10H,2,4H2,1H3,(H,8,9). The second-order valence-corrected chi connectivity index (χ2v) is 3.46. The third-order valence-electron chi connectivity index (χ3n) is 1.20. The van der Waals surface area contributed by atoms with E-state index in [0.29, 0.717) is 11.7 Å². The first-order valence-electron chi connectivity index (χ1n) is 3.51. The zero-order chi connectivity index (χ0) is 8.97. The Morgan fingerprint density at radius 2 is 2.58 bits per heavy atom. The fourth-order valence-corrected chi connectivity index (χ4v) is 1.33. The third kappa shape index (κ3) is 2.60. The molecule has 0 aliphatic carbocycles. The van der Waals surface area contributed by atoms with Gasteiger partial charge in [0.25, 0.3) is 0 Å². The lowest BCUT2D eigenvalue weighted by Crippen LogP contribution is -2.09. The van der Waals surface area contributed by atoms with Crippen molar-refractivity contribution < 1.29 is 9.90 Å². The third-order valence-corrected chi connectivity index (χ3v) is 2.14. The molecule has 0 aromatic carbocycles. The monoisotopic (exact) mass is 186 g/mol. The van der Waals surface area contributed by atoms with Crippen LogP contribution in [0.2, 0.25) is 0 Å². The zero-order valence-electron chi connectivity index (χ0n) is 6.70. The molecule has 1 heterocycles. The molecule has 1 aromatic rings. The first-order valence-corrected chi connectivity index (χ1v) is 4.33. The fourth-order valence-electron chi connectivity index (χ4n) is 0.662. The van der Waals surface area contributed by atoms with Crippen molar-refractivity contribution >= 4 is 22.3 Å². The molecule has 0 fully saturated rings. The molecule has 2 N–H and O–H groups in total. The van der Waals surface area contributed by atoms with Crippen LogP contribution in [0.25, 0.3) is 0 Å². The van der Waals surface area contributed by atoms with Crippen molar-refractivity contribution in [1.29, 1.82) is 0 Å².